The van der Waals surface area contributed by atoms with Gasteiger partial charge in [-0.2, -0.15) is 0 Å². The third-order valence-electron chi connectivity index (χ3n) is 5.64. The maximum absolute atomic E-state index is 13.5. The fourth-order valence-corrected chi connectivity index (χ4v) is 3.90. The van der Waals surface area contributed by atoms with Crippen LogP contribution in [0.15, 0.2) is 60.8 Å². The molecule has 0 aliphatic carbocycles. The SMILES string of the molecule is O=C(CC[C@H]1NC(=O)N(CCc2ccccc2)C1=O)NCCn1ccc2ccc(F)cc21. The molecule has 1 aliphatic rings. The lowest BCUT2D eigenvalue weighted by atomic mass is 10.1. The van der Waals surface area contributed by atoms with Gasteiger partial charge in [0, 0.05) is 32.3 Å². The highest BCUT2D eigenvalue weighted by atomic mass is 19.1. The van der Waals surface area contributed by atoms with Crippen molar-refractivity contribution in [1.29, 1.82) is 0 Å². The number of halogens is 1. The average molecular weight is 436 g/mol. The van der Waals surface area contributed by atoms with E-state index in [1.165, 1.54) is 17.0 Å². The highest BCUT2D eigenvalue weighted by molar-refractivity contribution is 6.04. The number of nitrogens with zero attached hydrogens (tertiary/aromatic N) is 2. The lowest BCUT2D eigenvalue weighted by Gasteiger charge is -2.13. The van der Waals surface area contributed by atoms with Gasteiger partial charge in [-0.3, -0.25) is 14.5 Å². The summed E-state index contributed by atoms with van der Waals surface area (Å²) in [5.41, 5.74) is 1.82. The van der Waals surface area contributed by atoms with Crippen molar-refractivity contribution in [2.45, 2.75) is 31.8 Å². The second-order valence-corrected chi connectivity index (χ2v) is 7.83. The van der Waals surface area contributed by atoms with Crippen molar-refractivity contribution in [2.24, 2.45) is 0 Å². The van der Waals surface area contributed by atoms with Crippen LogP contribution in [0.4, 0.5) is 9.18 Å². The summed E-state index contributed by atoms with van der Waals surface area (Å²) in [4.78, 5) is 38.1. The Bertz CT molecular complexity index is 1130. The van der Waals surface area contributed by atoms with Crippen LogP contribution < -0.4 is 10.6 Å². The molecule has 2 aromatic carbocycles. The van der Waals surface area contributed by atoms with Gasteiger partial charge in [0.05, 0.1) is 5.52 Å². The maximum Gasteiger partial charge on any atom is 0.324 e. The summed E-state index contributed by atoms with van der Waals surface area (Å²) in [7, 11) is 0. The maximum atomic E-state index is 13.5. The van der Waals surface area contributed by atoms with Crippen molar-refractivity contribution >= 4 is 28.7 Å². The molecule has 7 nitrogen and oxygen atoms in total. The molecule has 2 heterocycles. The van der Waals surface area contributed by atoms with E-state index in [1.807, 2.05) is 47.2 Å². The van der Waals surface area contributed by atoms with Crippen LogP contribution in [-0.4, -0.2) is 46.4 Å². The highest BCUT2D eigenvalue weighted by Crippen LogP contribution is 2.17. The van der Waals surface area contributed by atoms with Crippen molar-refractivity contribution in [1.82, 2.24) is 20.1 Å². The minimum atomic E-state index is -0.680. The van der Waals surface area contributed by atoms with Crippen molar-refractivity contribution in [2.75, 3.05) is 13.1 Å². The molecule has 1 atom stereocenters. The molecule has 8 heteroatoms. The molecule has 1 fully saturated rings. The van der Waals surface area contributed by atoms with Crippen LogP contribution in [0.1, 0.15) is 18.4 Å². The first-order valence-corrected chi connectivity index (χ1v) is 10.7. The summed E-state index contributed by atoms with van der Waals surface area (Å²) in [5.74, 6) is -0.792. The molecule has 1 saturated heterocycles. The zero-order valence-electron chi connectivity index (χ0n) is 17.6. The average Bonchev–Trinajstić information content (AvgIpc) is 3.31. The van der Waals surface area contributed by atoms with Gasteiger partial charge in [0.1, 0.15) is 11.9 Å². The minimum Gasteiger partial charge on any atom is -0.354 e. The summed E-state index contributed by atoms with van der Waals surface area (Å²) in [6.07, 6.45) is 2.82. The number of nitrogens with one attached hydrogen (secondary N) is 2. The lowest BCUT2D eigenvalue weighted by molar-refractivity contribution is -0.127. The first-order valence-electron chi connectivity index (χ1n) is 10.7. The Hall–Kier alpha value is -3.68. The van der Waals surface area contributed by atoms with E-state index in [1.54, 1.807) is 6.07 Å². The molecule has 166 valence electrons. The Morgan fingerprint density at radius 1 is 1.06 bits per heavy atom. The second-order valence-electron chi connectivity index (χ2n) is 7.83. The smallest absolute Gasteiger partial charge is 0.324 e. The molecular weight excluding hydrogens is 411 g/mol. The number of carbonyl (C=O) groups excluding carboxylic acids is 3. The number of rotatable bonds is 9. The standard InChI is InChI=1S/C24H25FN4O3/c25-19-7-6-18-11-13-28(21(18)16-19)15-12-26-22(30)9-8-20-23(31)29(24(32)27-20)14-10-17-4-2-1-3-5-17/h1-7,11,13,16,20H,8-10,12,14-15H2,(H,26,30)(H,27,32)/t20-/m1/s1. The fraction of sp³-hybridized carbons (Fsp3) is 0.292. The normalized spacial score (nSPS) is 15.9. The highest BCUT2D eigenvalue weighted by Gasteiger charge is 2.37. The molecule has 3 aromatic rings. The van der Waals surface area contributed by atoms with E-state index >= 15 is 0 Å². The number of benzene rings is 2. The van der Waals surface area contributed by atoms with Crippen LogP contribution in [0.2, 0.25) is 0 Å². The molecule has 1 aliphatic heterocycles. The molecule has 0 spiro atoms. The molecule has 4 amide bonds. The van der Waals surface area contributed by atoms with Crippen molar-refractivity contribution in [3.8, 4) is 0 Å². The third kappa shape index (κ3) is 4.96. The molecule has 2 N–H and O–H groups in total. The summed E-state index contributed by atoms with van der Waals surface area (Å²) in [5, 5.41) is 6.42. The Labute approximate surface area is 185 Å². The first-order chi connectivity index (χ1) is 15.5. The third-order valence-corrected chi connectivity index (χ3v) is 5.64. The Kier molecular flexibility index (Phi) is 6.49. The number of imide groups is 1. The summed E-state index contributed by atoms with van der Waals surface area (Å²) >= 11 is 0. The van der Waals surface area contributed by atoms with E-state index in [0.29, 0.717) is 26.1 Å². The Morgan fingerprint density at radius 2 is 1.88 bits per heavy atom. The number of aromatic nitrogens is 1. The van der Waals surface area contributed by atoms with Gasteiger partial charge in [0.15, 0.2) is 0 Å². The zero-order chi connectivity index (χ0) is 22.5. The van der Waals surface area contributed by atoms with Crippen LogP contribution in [0, 0.1) is 5.82 Å². The topological polar surface area (TPSA) is 83.4 Å². The molecule has 4 rings (SSSR count). The molecule has 0 saturated carbocycles. The van der Waals surface area contributed by atoms with Gasteiger partial charge in [-0.05, 0) is 48.1 Å². The van der Waals surface area contributed by atoms with E-state index in [-0.39, 0.29) is 30.5 Å². The quantitative estimate of drug-likeness (QED) is 0.506. The van der Waals surface area contributed by atoms with E-state index in [2.05, 4.69) is 10.6 Å². The first kappa shape index (κ1) is 21.5. The van der Waals surface area contributed by atoms with E-state index in [4.69, 9.17) is 0 Å². The Balaban J connectivity index is 1.21. The predicted octanol–water partition coefficient (Wildman–Crippen LogP) is 2.84. The molecule has 0 bridgehead atoms. The molecule has 0 unspecified atom stereocenters. The number of carbonyl (C=O) groups is 3. The van der Waals surface area contributed by atoms with E-state index < -0.39 is 12.1 Å². The molecule has 32 heavy (non-hydrogen) atoms. The zero-order valence-corrected chi connectivity index (χ0v) is 17.6. The second kappa shape index (κ2) is 9.64. The lowest BCUT2D eigenvalue weighted by Crippen LogP contribution is -2.34. The van der Waals surface area contributed by atoms with Crippen LogP contribution in [0.3, 0.4) is 0 Å². The van der Waals surface area contributed by atoms with Crippen molar-refractivity contribution < 1.29 is 18.8 Å². The fourth-order valence-electron chi connectivity index (χ4n) is 3.90. The van der Waals surface area contributed by atoms with E-state index in [9.17, 15) is 18.8 Å². The number of hydrogen-bond acceptors (Lipinski definition) is 3. The van der Waals surface area contributed by atoms with Gasteiger partial charge in [0.25, 0.3) is 5.91 Å². The van der Waals surface area contributed by atoms with Gasteiger partial charge in [-0.1, -0.05) is 30.3 Å². The number of amides is 4. The van der Waals surface area contributed by atoms with Gasteiger partial charge in [-0.25, -0.2) is 9.18 Å². The van der Waals surface area contributed by atoms with Gasteiger partial charge >= 0.3 is 6.03 Å². The summed E-state index contributed by atoms with van der Waals surface area (Å²) in [6.45, 7) is 1.20. The number of fused-ring (bicyclic) bond motifs is 1. The van der Waals surface area contributed by atoms with Crippen LogP contribution in [0.5, 0.6) is 0 Å². The largest absolute Gasteiger partial charge is 0.354 e. The minimum absolute atomic E-state index is 0.129. The van der Waals surface area contributed by atoms with Crippen molar-refractivity contribution in [3.63, 3.8) is 0 Å². The van der Waals surface area contributed by atoms with E-state index in [0.717, 1.165) is 16.5 Å². The molecule has 1 aromatic heterocycles. The molecular formula is C24H25FN4O3. The summed E-state index contributed by atoms with van der Waals surface area (Å²) < 4.78 is 15.3. The monoisotopic (exact) mass is 436 g/mol. The molecule has 0 radical (unpaired) electrons. The van der Waals surface area contributed by atoms with Gasteiger partial charge < -0.3 is 15.2 Å². The van der Waals surface area contributed by atoms with Crippen LogP contribution in [-0.2, 0) is 22.6 Å². The van der Waals surface area contributed by atoms with Crippen molar-refractivity contribution in [3.05, 3.63) is 72.2 Å². The predicted molar refractivity (Wildman–Crippen MR) is 118 cm³/mol. The summed E-state index contributed by atoms with van der Waals surface area (Å²) in [6, 6.07) is 15.1. The Morgan fingerprint density at radius 3 is 2.69 bits per heavy atom. The van der Waals surface area contributed by atoms with Gasteiger partial charge in [0.2, 0.25) is 5.91 Å². The van der Waals surface area contributed by atoms with Gasteiger partial charge in [-0.15, -0.1) is 0 Å². The number of urea groups is 1. The van der Waals surface area contributed by atoms with Crippen LogP contribution >= 0.6 is 0 Å². The number of hydrogen-bond donors (Lipinski definition) is 2. The van der Waals surface area contributed by atoms with Crippen LogP contribution in [0.25, 0.3) is 10.9 Å².